The minimum atomic E-state index is 0.864. The molecule has 0 fully saturated rings. The lowest BCUT2D eigenvalue weighted by atomic mass is 10.1. The monoisotopic (exact) mass is 304 g/mol. The van der Waals surface area contributed by atoms with E-state index in [0.717, 1.165) is 18.8 Å². The van der Waals surface area contributed by atoms with Gasteiger partial charge in [0, 0.05) is 0 Å². The molecular formula is C21H36O. The van der Waals surface area contributed by atoms with Crippen LogP contribution in [0.3, 0.4) is 0 Å². The molecule has 0 atom stereocenters. The van der Waals surface area contributed by atoms with E-state index in [9.17, 15) is 0 Å². The van der Waals surface area contributed by atoms with Gasteiger partial charge < -0.3 is 4.74 Å². The average Bonchev–Trinajstić information content (AvgIpc) is 2.56. The van der Waals surface area contributed by atoms with Gasteiger partial charge in [-0.2, -0.15) is 0 Å². The van der Waals surface area contributed by atoms with Gasteiger partial charge in [-0.25, -0.2) is 0 Å². The van der Waals surface area contributed by atoms with Gasteiger partial charge in [0.1, 0.15) is 5.75 Å². The molecule has 22 heavy (non-hydrogen) atoms. The fourth-order valence-electron chi connectivity index (χ4n) is 2.78. The van der Waals surface area contributed by atoms with E-state index in [1.165, 1.54) is 76.2 Å². The summed E-state index contributed by atoms with van der Waals surface area (Å²) in [4.78, 5) is 0. The molecule has 1 rings (SSSR count). The predicted molar refractivity (Wildman–Crippen MR) is 97.8 cm³/mol. The fraction of sp³-hybridized carbons (Fsp3) is 0.714. The molecule has 0 aliphatic rings. The van der Waals surface area contributed by atoms with Crippen LogP contribution in [0.25, 0.3) is 0 Å². The zero-order valence-corrected chi connectivity index (χ0v) is 14.9. The van der Waals surface area contributed by atoms with Crippen LogP contribution in [0, 0.1) is 0 Å². The van der Waals surface area contributed by atoms with E-state index in [-0.39, 0.29) is 0 Å². The molecule has 0 saturated carbocycles. The quantitative estimate of drug-likeness (QED) is 0.338. The summed E-state index contributed by atoms with van der Waals surface area (Å²) >= 11 is 0. The maximum Gasteiger partial charge on any atom is 0.119 e. The van der Waals surface area contributed by atoms with Gasteiger partial charge in [0.25, 0.3) is 0 Å². The van der Waals surface area contributed by atoms with Crippen molar-refractivity contribution in [2.24, 2.45) is 0 Å². The maximum atomic E-state index is 5.79. The fourth-order valence-corrected chi connectivity index (χ4v) is 2.78. The first-order valence-corrected chi connectivity index (χ1v) is 9.58. The molecule has 0 saturated heterocycles. The van der Waals surface area contributed by atoms with E-state index in [4.69, 9.17) is 4.74 Å². The first-order valence-electron chi connectivity index (χ1n) is 9.58. The summed E-state index contributed by atoms with van der Waals surface area (Å²) in [6, 6.07) is 8.51. The van der Waals surface area contributed by atoms with Gasteiger partial charge in [-0.05, 0) is 30.5 Å². The van der Waals surface area contributed by atoms with Crippen LogP contribution in [-0.2, 0) is 6.42 Å². The van der Waals surface area contributed by atoms with Crippen LogP contribution in [-0.4, -0.2) is 6.61 Å². The number of unbranched alkanes of at least 4 members (excludes halogenated alkanes) is 10. The highest BCUT2D eigenvalue weighted by Gasteiger charge is 1.96. The van der Waals surface area contributed by atoms with Gasteiger partial charge in [-0.1, -0.05) is 90.2 Å². The van der Waals surface area contributed by atoms with Crippen molar-refractivity contribution in [3.05, 3.63) is 29.8 Å². The molecule has 0 bridgehead atoms. The third-order valence-electron chi connectivity index (χ3n) is 4.35. The van der Waals surface area contributed by atoms with Crippen LogP contribution < -0.4 is 4.74 Å². The third kappa shape index (κ3) is 9.87. The summed E-state index contributed by atoms with van der Waals surface area (Å²) in [5.41, 5.74) is 1.38. The lowest BCUT2D eigenvalue weighted by Crippen LogP contribution is -1.97. The molecule has 0 radical (unpaired) electrons. The summed E-state index contributed by atoms with van der Waals surface area (Å²) in [7, 11) is 0. The molecule has 1 nitrogen and oxygen atoms in total. The Bertz CT molecular complexity index is 341. The van der Waals surface area contributed by atoms with Crippen molar-refractivity contribution in [3.63, 3.8) is 0 Å². The first kappa shape index (κ1) is 19.1. The third-order valence-corrected chi connectivity index (χ3v) is 4.35. The molecule has 0 unspecified atom stereocenters. The zero-order chi connectivity index (χ0) is 15.9. The Hall–Kier alpha value is -0.980. The van der Waals surface area contributed by atoms with Gasteiger partial charge in [-0.15, -0.1) is 0 Å². The molecule has 1 aromatic rings. The zero-order valence-electron chi connectivity index (χ0n) is 14.9. The molecule has 0 heterocycles. The molecular weight excluding hydrogens is 268 g/mol. The topological polar surface area (TPSA) is 9.23 Å². The minimum absolute atomic E-state index is 0.864. The first-order chi connectivity index (χ1) is 10.9. The second kappa shape index (κ2) is 13.7. The van der Waals surface area contributed by atoms with Gasteiger partial charge in [-0.3, -0.25) is 0 Å². The molecule has 0 aliphatic carbocycles. The van der Waals surface area contributed by atoms with Crippen LogP contribution >= 0.6 is 0 Å². The van der Waals surface area contributed by atoms with Crippen molar-refractivity contribution in [3.8, 4) is 5.75 Å². The number of aryl methyl sites for hydroxylation is 1. The molecule has 126 valence electrons. The number of hydrogen-bond donors (Lipinski definition) is 0. The summed E-state index contributed by atoms with van der Waals surface area (Å²) in [6.45, 7) is 5.33. The van der Waals surface area contributed by atoms with Crippen LogP contribution in [0.2, 0.25) is 0 Å². The number of rotatable bonds is 14. The summed E-state index contributed by atoms with van der Waals surface area (Å²) < 4.78 is 5.79. The van der Waals surface area contributed by atoms with Gasteiger partial charge in [0.15, 0.2) is 0 Å². The smallest absolute Gasteiger partial charge is 0.119 e. The highest BCUT2D eigenvalue weighted by Crippen LogP contribution is 2.14. The Morgan fingerprint density at radius 2 is 1.14 bits per heavy atom. The molecule has 1 aromatic carbocycles. The van der Waals surface area contributed by atoms with Crippen molar-refractivity contribution in [2.75, 3.05) is 6.61 Å². The SMILES string of the molecule is CCCCCCCCCCCCCOc1ccc(CC)cc1. The summed E-state index contributed by atoms with van der Waals surface area (Å²) in [5.74, 6) is 1.02. The van der Waals surface area contributed by atoms with Crippen molar-refractivity contribution in [1.82, 2.24) is 0 Å². The lowest BCUT2D eigenvalue weighted by molar-refractivity contribution is 0.304. The largest absolute Gasteiger partial charge is 0.494 e. The molecule has 0 aromatic heterocycles. The van der Waals surface area contributed by atoms with Crippen LogP contribution in [0.4, 0.5) is 0 Å². The van der Waals surface area contributed by atoms with Crippen LogP contribution in [0.15, 0.2) is 24.3 Å². The van der Waals surface area contributed by atoms with Gasteiger partial charge in [0.05, 0.1) is 6.61 Å². The van der Waals surface area contributed by atoms with E-state index in [1.54, 1.807) is 0 Å². The van der Waals surface area contributed by atoms with Gasteiger partial charge in [0.2, 0.25) is 0 Å². The molecule has 0 N–H and O–H groups in total. The standard InChI is InChI=1S/C21H36O/c1-3-5-6-7-8-9-10-11-12-13-14-19-22-21-17-15-20(4-2)16-18-21/h15-18H,3-14,19H2,1-2H3. The summed E-state index contributed by atoms with van der Waals surface area (Å²) in [5, 5.41) is 0. The Kier molecular flexibility index (Phi) is 11.8. The normalized spacial score (nSPS) is 10.8. The Morgan fingerprint density at radius 1 is 0.636 bits per heavy atom. The Morgan fingerprint density at radius 3 is 1.64 bits per heavy atom. The van der Waals surface area contributed by atoms with E-state index < -0.39 is 0 Å². The van der Waals surface area contributed by atoms with Crippen molar-refractivity contribution in [2.45, 2.75) is 90.9 Å². The Balaban J connectivity index is 1.85. The minimum Gasteiger partial charge on any atom is -0.494 e. The molecule has 1 heteroatoms. The van der Waals surface area contributed by atoms with Crippen molar-refractivity contribution >= 4 is 0 Å². The maximum absolute atomic E-state index is 5.79. The van der Waals surface area contributed by atoms with Crippen LogP contribution in [0.1, 0.15) is 90.0 Å². The van der Waals surface area contributed by atoms with Crippen molar-refractivity contribution in [1.29, 1.82) is 0 Å². The second-order valence-electron chi connectivity index (χ2n) is 6.38. The van der Waals surface area contributed by atoms with Crippen molar-refractivity contribution < 1.29 is 4.74 Å². The molecule has 0 amide bonds. The number of benzene rings is 1. The molecule has 0 aliphatic heterocycles. The highest BCUT2D eigenvalue weighted by molar-refractivity contribution is 5.27. The second-order valence-corrected chi connectivity index (χ2v) is 6.38. The Labute approximate surface area is 138 Å². The van der Waals surface area contributed by atoms with Crippen LogP contribution in [0.5, 0.6) is 5.75 Å². The number of ether oxygens (including phenoxy) is 1. The van der Waals surface area contributed by atoms with E-state index in [1.807, 2.05) is 0 Å². The average molecular weight is 305 g/mol. The predicted octanol–water partition coefficient (Wildman–Crippen LogP) is 6.94. The van der Waals surface area contributed by atoms with Gasteiger partial charge >= 0.3 is 0 Å². The molecule has 0 spiro atoms. The summed E-state index contributed by atoms with van der Waals surface area (Å²) in [6.07, 6.45) is 16.3. The van der Waals surface area contributed by atoms with E-state index >= 15 is 0 Å². The van der Waals surface area contributed by atoms with E-state index in [0.29, 0.717) is 0 Å². The highest BCUT2D eigenvalue weighted by atomic mass is 16.5. The number of hydrogen-bond acceptors (Lipinski definition) is 1. The lowest BCUT2D eigenvalue weighted by Gasteiger charge is -2.07. The van der Waals surface area contributed by atoms with E-state index in [2.05, 4.69) is 38.1 Å².